The Hall–Kier alpha value is -2.45. The Morgan fingerprint density at radius 1 is 1.22 bits per heavy atom. The second-order valence-corrected chi connectivity index (χ2v) is 7.72. The van der Waals surface area contributed by atoms with Crippen molar-refractivity contribution in [1.82, 2.24) is 14.6 Å². The number of amides is 1. The van der Waals surface area contributed by atoms with Crippen molar-refractivity contribution in [3.05, 3.63) is 29.8 Å². The van der Waals surface area contributed by atoms with Crippen LogP contribution >= 0.6 is 11.3 Å². The van der Waals surface area contributed by atoms with Crippen molar-refractivity contribution in [2.24, 2.45) is 0 Å². The molecular formula is C19H23N5O2S. The van der Waals surface area contributed by atoms with Crippen LogP contribution in [-0.4, -0.2) is 47.3 Å². The van der Waals surface area contributed by atoms with Crippen LogP contribution in [0, 0.1) is 6.92 Å². The molecule has 1 amide bonds. The van der Waals surface area contributed by atoms with Gasteiger partial charge in [0.05, 0.1) is 0 Å². The van der Waals surface area contributed by atoms with E-state index >= 15 is 0 Å². The molecule has 1 aliphatic rings. The minimum absolute atomic E-state index is 0.0102. The molecule has 27 heavy (non-hydrogen) atoms. The summed E-state index contributed by atoms with van der Waals surface area (Å²) < 4.78 is 6.71. The highest BCUT2D eigenvalue weighted by Gasteiger charge is 2.22. The molecule has 8 heteroatoms. The van der Waals surface area contributed by atoms with Gasteiger partial charge in [-0.25, -0.2) is 4.98 Å². The Morgan fingerprint density at radius 3 is 2.67 bits per heavy atom. The maximum atomic E-state index is 12.2. The van der Waals surface area contributed by atoms with Crippen LogP contribution in [0.3, 0.4) is 0 Å². The fourth-order valence-electron chi connectivity index (χ4n) is 3.28. The number of hydrogen-bond acceptors (Lipinski definition) is 6. The van der Waals surface area contributed by atoms with Crippen molar-refractivity contribution >= 4 is 33.2 Å². The number of piperidine rings is 1. The molecule has 1 fully saturated rings. The average molecular weight is 385 g/mol. The Bertz CT molecular complexity index is 941. The maximum Gasteiger partial charge on any atom is 0.251 e. The predicted octanol–water partition coefficient (Wildman–Crippen LogP) is 3.34. The molecule has 0 atom stereocenters. The summed E-state index contributed by atoms with van der Waals surface area (Å²) in [6.45, 7) is 4.08. The van der Waals surface area contributed by atoms with Crippen molar-refractivity contribution in [3.63, 3.8) is 0 Å². The molecule has 4 rings (SSSR count). The monoisotopic (exact) mass is 385 g/mol. The van der Waals surface area contributed by atoms with Crippen LogP contribution in [0.4, 0.5) is 10.9 Å². The minimum Gasteiger partial charge on any atom is -0.375 e. The smallest absolute Gasteiger partial charge is 0.251 e. The largest absolute Gasteiger partial charge is 0.375 e. The molecule has 1 saturated heterocycles. The third-order valence-electron chi connectivity index (χ3n) is 4.68. The Kier molecular flexibility index (Phi) is 5.09. The summed E-state index contributed by atoms with van der Waals surface area (Å²) in [4.78, 5) is 20.0. The molecule has 1 aliphatic heterocycles. The first-order valence-electron chi connectivity index (χ1n) is 9.16. The minimum atomic E-state index is -0.222. The first-order chi connectivity index (χ1) is 13.2. The standard InChI is InChI=1S/C19H23N5O2S/c1-13-6-8-14(9-7-13)16-17(20-15(25)12-26-2)24-18(21-16)27-19(22-24)23-10-4-3-5-11-23/h6-9H,3-5,10-12H2,1-2H3,(H,20,25). The first-order valence-corrected chi connectivity index (χ1v) is 9.97. The number of aryl methyl sites for hydroxylation is 1. The summed E-state index contributed by atoms with van der Waals surface area (Å²) in [6.07, 6.45) is 3.65. The molecule has 142 valence electrons. The lowest BCUT2D eigenvalue weighted by Crippen LogP contribution is -2.29. The number of nitrogens with zero attached hydrogens (tertiary/aromatic N) is 4. The van der Waals surface area contributed by atoms with E-state index in [4.69, 9.17) is 14.8 Å². The van der Waals surface area contributed by atoms with E-state index in [-0.39, 0.29) is 12.5 Å². The van der Waals surface area contributed by atoms with Crippen LogP contribution in [0.15, 0.2) is 24.3 Å². The zero-order valence-corrected chi connectivity index (χ0v) is 16.4. The van der Waals surface area contributed by atoms with Gasteiger partial charge in [-0.15, -0.1) is 5.10 Å². The number of methoxy groups -OCH3 is 1. The molecule has 0 aliphatic carbocycles. The first kappa shape index (κ1) is 17.9. The van der Waals surface area contributed by atoms with Gasteiger partial charge in [0.1, 0.15) is 12.3 Å². The van der Waals surface area contributed by atoms with E-state index in [0.717, 1.165) is 34.4 Å². The second kappa shape index (κ2) is 7.66. The summed E-state index contributed by atoms with van der Waals surface area (Å²) in [5.74, 6) is 0.371. The molecule has 0 bridgehead atoms. The van der Waals surface area contributed by atoms with E-state index in [1.165, 1.54) is 31.9 Å². The van der Waals surface area contributed by atoms with Gasteiger partial charge < -0.3 is 15.0 Å². The van der Waals surface area contributed by atoms with Gasteiger partial charge in [-0.1, -0.05) is 41.2 Å². The summed E-state index contributed by atoms with van der Waals surface area (Å²) in [5, 5.41) is 8.64. The van der Waals surface area contributed by atoms with E-state index in [0.29, 0.717) is 5.82 Å². The van der Waals surface area contributed by atoms with Gasteiger partial charge in [-0.3, -0.25) is 4.79 Å². The molecule has 3 aromatic rings. The van der Waals surface area contributed by atoms with Gasteiger partial charge in [0, 0.05) is 25.8 Å². The summed E-state index contributed by atoms with van der Waals surface area (Å²) in [7, 11) is 1.50. The van der Waals surface area contributed by atoms with Gasteiger partial charge in [-0.05, 0) is 26.2 Å². The molecule has 0 radical (unpaired) electrons. The van der Waals surface area contributed by atoms with Crippen molar-refractivity contribution in [1.29, 1.82) is 0 Å². The Labute approximate surface area is 162 Å². The van der Waals surface area contributed by atoms with Crippen LogP contribution in [-0.2, 0) is 9.53 Å². The van der Waals surface area contributed by atoms with Crippen LogP contribution in [0.5, 0.6) is 0 Å². The Morgan fingerprint density at radius 2 is 1.96 bits per heavy atom. The second-order valence-electron chi connectivity index (χ2n) is 6.78. The Balaban J connectivity index is 1.75. The number of nitrogens with one attached hydrogen (secondary N) is 1. The SMILES string of the molecule is COCC(=O)Nc1c(-c2ccc(C)cc2)nc2sc(N3CCCCC3)nn12. The van der Waals surface area contributed by atoms with E-state index in [1.807, 2.05) is 31.2 Å². The molecule has 0 unspecified atom stereocenters. The molecule has 2 aromatic heterocycles. The number of aromatic nitrogens is 3. The summed E-state index contributed by atoms with van der Waals surface area (Å²) in [6, 6.07) is 8.10. The van der Waals surface area contributed by atoms with Gasteiger partial charge in [0.2, 0.25) is 10.1 Å². The van der Waals surface area contributed by atoms with Crippen LogP contribution in [0.1, 0.15) is 24.8 Å². The average Bonchev–Trinajstić information content (AvgIpc) is 3.23. The summed E-state index contributed by atoms with van der Waals surface area (Å²) >= 11 is 1.56. The fourth-order valence-corrected chi connectivity index (χ4v) is 4.23. The van der Waals surface area contributed by atoms with Gasteiger partial charge in [-0.2, -0.15) is 4.52 Å². The predicted molar refractivity (Wildman–Crippen MR) is 108 cm³/mol. The van der Waals surface area contributed by atoms with Gasteiger partial charge >= 0.3 is 0 Å². The molecule has 1 aromatic carbocycles. The van der Waals surface area contributed by atoms with Gasteiger partial charge in [0.15, 0.2) is 5.82 Å². The lowest BCUT2D eigenvalue weighted by molar-refractivity contribution is -0.119. The zero-order valence-electron chi connectivity index (χ0n) is 15.6. The molecule has 0 spiro atoms. The number of ether oxygens (including phenoxy) is 1. The van der Waals surface area contributed by atoms with Gasteiger partial charge in [0.25, 0.3) is 5.91 Å². The number of anilines is 2. The molecule has 0 saturated carbocycles. The fraction of sp³-hybridized carbons (Fsp3) is 0.421. The third-order valence-corrected chi connectivity index (χ3v) is 5.65. The highest BCUT2D eigenvalue weighted by atomic mass is 32.1. The molecule has 1 N–H and O–H groups in total. The van der Waals surface area contributed by atoms with Crippen LogP contribution in [0.2, 0.25) is 0 Å². The van der Waals surface area contributed by atoms with Crippen LogP contribution < -0.4 is 10.2 Å². The lowest BCUT2D eigenvalue weighted by atomic mass is 10.1. The molecular weight excluding hydrogens is 362 g/mol. The third kappa shape index (κ3) is 3.68. The number of carbonyl (C=O) groups excluding carboxylic acids is 1. The van der Waals surface area contributed by atoms with Crippen molar-refractivity contribution in [3.8, 4) is 11.3 Å². The number of carbonyl (C=O) groups is 1. The van der Waals surface area contributed by atoms with Crippen LogP contribution in [0.25, 0.3) is 16.2 Å². The normalized spacial score (nSPS) is 14.7. The summed E-state index contributed by atoms with van der Waals surface area (Å²) in [5.41, 5.74) is 2.85. The maximum absolute atomic E-state index is 12.2. The van der Waals surface area contributed by atoms with E-state index in [2.05, 4.69) is 10.2 Å². The van der Waals surface area contributed by atoms with E-state index in [9.17, 15) is 4.79 Å². The van der Waals surface area contributed by atoms with E-state index in [1.54, 1.807) is 15.9 Å². The number of benzene rings is 1. The number of rotatable bonds is 5. The van der Waals surface area contributed by atoms with Crippen molar-refractivity contribution in [2.75, 3.05) is 37.0 Å². The quantitative estimate of drug-likeness (QED) is 0.729. The molecule has 3 heterocycles. The van der Waals surface area contributed by atoms with Crippen molar-refractivity contribution in [2.45, 2.75) is 26.2 Å². The zero-order chi connectivity index (χ0) is 18.8. The highest BCUT2D eigenvalue weighted by Crippen LogP contribution is 2.34. The number of imidazole rings is 1. The highest BCUT2D eigenvalue weighted by molar-refractivity contribution is 7.20. The number of hydrogen-bond donors (Lipinski definition) is 1. The lowest BCUT2D eigenvalue weighted by Gasteiger charge is -2.25. The van der Waals surface area contributed by atoms with Crippen molar-refractivity contribution < 1.29 is 9.53 Å². The topological polar surface area (TPSA) is 71.8 Å². The molecule has 7 nitrogen and oxygen atoms in total. The number of fused-ring (bicyclic) bond motifs is 1. The van der Waals surface area contributed by atoms with E-state index < -0.39 is 0 Å².